The van der Waals surface area contributed by atoms with Crippen LogP contribution in [0, 0.1) is 0 Å². The topological polar surface area (TPSA) is 60.2 Å². The van der Waals surface area contributed by atoms with Gasteiger partial charge in [0.1, 0.15) is 11.9 Å². The molecule has 1 atom stereocenters. The number of halogens is 1. The molecule has 1 aliphatic carbocycles. The second-order valence-electron chi connectivity index (χ2n) is 5.49. The summed E-state index contributed by atoms with van der Waals surface area (Å²) in [5.41, 5.74) is 0.970. The molecule has 1 aromatic heterocycles. The molecule has 1 aliphatic heterocycles. The molecule has 2 fully saturated rings. The third kappa shape index (κ3) is 3.19. The minimum absolute atomic E-state index is 0. The first-order chi connectivity index (χ1) is 9.88. The normalized spacial score (nSPS) is 21.0. The van der Waals surface area contributed by atoms with Crippen LogP contribution in [0.25, 0.3) is 11.4 Å². The highest BCUT2D eigenvalue weighted by Gasteiger charge is 2.29. The summed E-state index contributed by atoms with van der Waals surface area (Å²) in [6, 6.07) is 7.92. The number of ether oxygens (including phenoxy) is 1. The molecule has 0 spiro atoms. The lowest BCUT2D eigenvalue weighted by Crippen LogP contribution is -2.19. The van der Waals surface area contributed by atoms with Gasteiger partial charge in [-0.25, -0.2) is 0 Å². The predicted molar refractivity (Wildman–Crippen MR) is 80.9 cm³/mol. The second-order valence-corrected chi connectivity index (χ2v) is 5.49. The van der Waals surface area contributed by atoms with Gasteiger partial charge in [-0.2, -0.15) is 4.98 Å². The quantitative estimate of drug-likeness (QED) is 0.941. The lowest BCUT2D eigenvalue weighted by atomic mass is 10.2. The van der Waals surface area contributed by atoms with E-state index >= 15 is 0 Å². The van der Waals surface area contributed by atoms with Gasteiger partial charge >= 0.3 is 0 Å². The van der Waals surface area contributed by atoms with Crippen LogP contribution in [0.5, 0.6) is 5.75 Å². The maximum Gasteiger partial charge on any atom is 0.230 e. The first kappa shape index (κ1) is 14.4. The Labute approximate surface area is 129 Å². The van der Waals surface area contributed by atoms with E-state index in [0.29, 0.717) is 11.7 Å². The Bertz CT molecular complexity index is 589. The van der Waals surface area contributed by atoms with Gasteiger partial charge in [-0.1, -0.05) is 5.16 Å². The van der Waals surface area contributed by atoms with E-state index in [4.69, 9.17) is 9.26 Å². The Morgan fingerprint density at radius 1 is 1.14 bits per heavy atom. The smallest absolute Gasteiger partial charge is 0.230 e. The van der Waals surface area contributed by atoms with E-state index in [0.717, 1.165) is 36.7 Å². The summed E-state index contributed by atoms with van der Waals surface area (Å²) >= 11 is 0. The molecule has 0 radical (unpaired) electrons. The molecule has 1 unspecified atom stereocenters. The summed E-state index contributed by atoms with van der Waals surface area (Å²) in [7, 11) is 0. The van der Waals surface area contributed by atoms with Crippen molar-refractivity contribution in [3.8, 4) is 17.1 Å². The van der Waals surface area contributed by atoms with Crippen LogP contribution in [0.4, 0.5) is 0 Å². The second kappa shape index (κ2) is 6.03. The summed E-state index contributed by atoms with van der Waals surface area (Å²) in [6.45, 7) is 1.97. The Kier molecular flexibility index (Phi) is 4.12. The third-order valence-corrected chi connectivity index (χ3v) is 3.80. The van der Waals surface area contributed by atoms with Gasteiger partial charge in [0.15, 0.2) is 0 Å². The number of hydrogen-bond donors (Lipinski definition) is 1. The third-order valence-electron chi connectivity index (χ3n) is 3.80. The van der Waals surface area contributed by atoms with E-state index in [9.17, 15) is 0 Å². The molecule has 2 heterocycles. The number of aromatic nitrogens is 2. The fourth-order valence-electron chi connectivity index (χ4n) is 2.45. The van der Waals surface area contributed by atoms with Gasteiger partial charge < -0.3 is 14.6 Å². The molecule has 4 rings (SSSR count). The van der Waals surface area contributed by atoms with Crippen molar-refractivity contribution in [3.63, 3.8) is 0 Å². The van der Waals surface area contributed by atoms with Gasteiger partial charge in [-0.3, -0.25) is 0 Å². The lowest BCUT2D eigenvalue weighted by Gasteiger charge is -2.12. The molecule has 6 heteroatoms. The Morgan fingerprint density at radius 3 is 2.62 bits per heavy atom. The number of benzene rings is 1. The molecule has 0 amide bonds. The summed E-state index contributed by atoms with van der Waals surface area (Å²) in [6.07, 6.45) is 3.69. The van der Waals surface area contributed by atoms with Crippen LogP contribution >= 0.6 is 12.4 Å². The van der Waals surface area contributed by atoms with E-state index < -0.39 is 0 Å². The van der Waals surface area contributed by atoms with Crippen LogP contribution in [-0.4, -0.2) is 29.3 Å². The van der Waals surface area contributed by atoms with Crippen molar-refractivity contribution in [2.45, 2.75) is 31.3 Å². The van der Waals surface area contributed by atoms with Crippen molar-refractivity contribution in [1.82, 2.24) is 15.5 Å². The highest BCUT2D eigenvalue weighted by molar-refractivity contribution is 5.85. The maximum absolute atomic E-state index is 5.89. The zero-order valence-electron chi connectivity index (χ0n) is 11.6. The van der Waals surface area contributed by atoms with Crippen molar-refractivity contribution in [1.29, 1.82) is 0 Å². The molecule has 1 aromatic carbocycles. The summed E-state index contributed by atoms with van der Waals surface area (Å²) < 4.78 is 11.2. The van der Waals surface area contributed by atoms with Gasteiger partial charge in [-0.05, 0) is 50.1 Å². The number of nitrogens with one attached hydrogen (secondary N) is 1. The first-order valence-corrected chi connectivity index (χ1v) is 7.20. The van der Waals surface area contributed by atoms with E-state index in [2.05, 4.69) is 15.5 Å². The molecule has 1 saturated heterocycles. The van der Waals surface area contributed by atoms with Crippen molar-refractivity contribution in [2.24, 2.45) is 0 Å². The fraction of sp³-hybridized carbons (Fsp3) is 0.467. The van der Waals surface area contributed by atoms with Gasteiger partial charge in [0.2, 0.25) is 11.7 Å². The average molecular weight is 308 g/mol. The van der Waals surface area contributed by atoms with E-state index in [1.54, 1.807) is 0 Å². The molecule has 112 valence electrons. The Balaban J connectivity index is 0.00000132. The minimum Gasteiger partial charge on any atom is -0.489 e. The number of nitrogens with zero attached hydrogens (tertiary/aromatic N) is 2. The van der Waals surface area contributed by atoms with Crippen LogP contribution in [0.3, 0.4) is 0 Å². The van der Waals surface area contributed by atoms with Gasteiger partial charge in [-0.15, -0.1) is 12.4 Å². The van der Waals surface area contributed by atoms with Crippen molar-refractivity contribution < 1.29 is 9.26 Å². The minimum atomic E-state index is 0. The fourth-order valence-corrected chi connectivity index (χ4v) is 2.45. The van der Waals surface area contributed by atoms with Crippen LogP contribution in [0.15, 0.2) is 28.8 Å². The Hall–Kier alpha value is -1.59. The van der Waals surface area contributed by atoms with Crippen LogP contribution in [0.2, 0.25) is 0 Å². The van der Waals surface area contributed by atoms with Crippen LogP contribution in [0.1, 0.15) is 31.1 Å². The molecule has 0 bridgehead atoms. The van der Waals surface area contributed by atoms with Crippen LogP contribution < -0.4 is 10.1 Å². The molecule has 1 saturated carbocycles. The molecule has 2 aliphatic rings. The predicted octanol–water partition coefficient (Wildman–Crippen LogP) is 2.78. The highest BCUT2D eigenvalue weighted by atomic mass is 35.5. The largest absolute Gasteiger partial charge is 0.489 e. The molecule has 5 nitrogen and oxygen atoms in total. The first-order valence-electron chi connectivity index (χ1n) is 7.20. The van der Waals surface area contributed by atoms with Gasteiger partial charge in [0.25, 0.3) is 0 Å². The SMILES string of the molecule is Cl.c1cc(-c2noc(C3CC3)n2)ccc1OC1CCNC1. The summed E-state index contributed by atoms with van der Waals surface area (Å²) in [5.74, 6) is 2.83. The van der Waals surface area contributed by atoms with Crippen LogP contribution in [-0.2, 0) is 0 Å². The van der Waals surface area contributed by atoms with Gasteiger partial charge in [0, 0.05) is 18.0 Å². The average Bonchev–Trinajstić information content (AvgIpc) is 3.00. The standard InChI is InChI=1S/C15H17N3O2.ClH/c1-2-11(1)15-17-14(18-20-15)10-3-5-12(6-4-10)19-13-7-8-16-9-13;/h3-6,11,13,16H,1-2,7-9H2;1H. The van der Waals surface area contributed by atoms with Gasteiger partial charge in [0.05, 0.1) is 0 Å². The zero-order chi connectivity index (χ0) is 13.4. The number of rotatable bonds is 4. The lowest BCUT2D eigenvalue weighted by molar-refractivity contribution is 0.223. The van der Waals surface area contributed by atoms with Crippen molar-refractivity contribution in [3.05, 3.63) is 30.2 Å². The Morgan fingerprint density at radius 2 is 1.95 bits per heavy atom. The molecule has 1 N–H and O–H groups in total. The van der Waals surface area contributed by atoms with Crippen molar-refractivity contribution in [2.75, 3.05) is 13.1 Å². The monoisotopic (exact) mass is 307 g/mol. The summed E-state index contributed by atoms with van der Waals surface area (Å²) in [4.78, 5) is 4.45. The number of hydrogen-bond acceptors (Lipinski definition) is 5. The maximum atomic E-state index is 5.89. The highest BCUT2D eigenvalue weighted by Crippen LogP contribution is 2.39. The van der Waals surface area contributed by atoms with E-state index in [-0.39, 0.29) is 18.5 Å². The molecule has 21 heavy (non-hydrogen) atoms. The zero-order valence-corrected chi connectivity index (χ0v) is 12.4. The molecular weight excluding hydrogens is 290 g/mol. The van der Waals surface area contributed by atoms with E-state index in [1.807, 2.05) is 24.3 Å². The van der Waals surface area contributed by atoms with Crippen molar-refractivity contribution >= 4 is 12.4 Å². The molecule has 2 aromatic rings. The summed E-state index contributed by atoms with van der Waals surface area (Å²) in [5, 5.41) is 7.34. The molecular formula is C15H18ClN3O2. The van der Waals surface area contributed by atoms with E-state index in [1.165, 1.54) is 12.8 Å².